The first-order chi connectivity index (χ1) is 9.12. The largest absolute Gasteiger partial charge is 0.323 e. The van der Waals surface area contributed by atoms with Crippen LogP contribution in [0.4, 0.5) is 0 Å². The highest BCUT2D eigenvalue weighted by molar-refractivity contribution is 5.85. The Labute approximate surface area is 118 Å². The third kappa shape index (κ3) is 3.13. The Kier molecular flexibility index (Phi) is 4.88. The van der Waals surface area contributed by atoms with Crippen molar-refractivity contribution >= 4 is 5.91 Å². The average molecular weight is 266 g/mol. The van der Waals surface area contributed by atoms with Crippen molar-refractivity contribution < 1.29 is 4.79 Å². The number of amides is 1. The van der Waals surface area contributed by atoms with Gasteiger partial charge in [-0.05, 0) is 31.1 Å². The fraction of sp³-hybridized carbons (Fsp3) is 0.938. The van der Waals surface area contributed by atoms with E-state index in [0.717, 1.165) is 25.2 Å². The normalized spacial score (nSPS) is 30.7. The van der Waals surface area contributed by atoms with Crippen LogP contribution in [0, 0.1) is 11.8 Å². The molecular weight excluding hydrogens is 236 g/mol. The molecule has 110 valence electrons. The summed E-state index contributed by atoms with van der Waals surface area (Å²) in [5, 5.41) is 3.58. The van der Waals surface area contributed by atoms with E-state index in [1.54, 1.807) is 0 Å². The summed E-state index contributed by atoms with van der Waals surface area (Å²) < 4.78 is 0. The van der Waals surface area contributed by atoms with Gasteiger partial charge in [0.05, 0.1) is 12.2 Å². The zero-order valence-electron chi connectivity index (χ0n) is 13.0. The zero-order chi connectivity index (χ0) is 14.0. The molecule has 2 fully saturated rings. The summed E-state index contributed by atoms with van der Waals surface area (Å²) in [6.45, 7) is 8.77. The number of carbonyl (C=O) groups is 1. The van der Waals surface area contributed by atoms with Gasteiger partial charge in [0.25, 0.3) is 0 Å². The molecule has 4 unspecified atom stereocenters. The van der Waals surface area contributed by atoms with E-state index >= 15 is 0 Å². The van der Waals surface area contributed by atoms with Crippen LogP contribution in [0.15, 0.2) is 0 Å². The van der Waals surface area contributed by atoms with Gasteiger partial charge in [0.2, 0.25) is 5.91 Å². The van der Waals surface area contributed by atoms with Gasteiger partial charge >= 0.3 is 0 Å². The van der Waals surface area contributed by atoms with Gasteiger partial charge in [-0.25, -0.2) is 0 Å². The zero-order valence-corrected chi connectivity index (χ0v) is 13.0. The Morgan fingerprint density at radius 3 is 2.42 bits per heavy atom. The fourth-order valence-corrected chi connectivity index (χ4v) is 3.28. The first-order valence-corrected chi connectivity index (χ1v) is 8.20. The van der Waals surface area contributed by atoms with E-state index in [9.17, 15) is 4.79 Å². The number of hydrogen-bond acceptors (Lipinski definition) is 2. The van der Waals surface area contributed by atoms with Crippen molar-refractivity contribution in [1.29, 1.82) is 0 Å². The molecule has 1 heterocycles. The van der Waals surface area contributed by atoms with Crippen molar-refractivity contribution in [2.45, 2.75) is 84.5 Å². The van der Waals surface area contributed by atoms with Crippen LogP contribution in [-0.2, 0) is 4.79 Å². The highest BCUT2D eigenvalue weighted by Crippen LogP contribution is 2.37. The van der Waals surface area contributed by atoms with Gasteiger partial charge in [-0.15, -0.1) is 0 Å². The predicted octanol–water partition coefficient (Wildman–Crippen LogP) is 3.15. The second kappa shape index (κ2) is 6.25. The molecule has 2 rings (SSSR count). The maximum Gasteiger partial charge on any atom is 0.241 e. The smallest absolute Gasteiger partial charge is 0.241 e. The maximum atomic E-state index is 12.7. The molecule has 0 aromatic heterocycles. The lowest BCUT2D eigenvalue weighted by atomic mass is 9.98. The molecule has 4 atom stereocenters. The topological polar surface area (TPSA) is 32.3 Å². The minimum atomic E-state index is 0.0446. The summed E-state index contributed by atoms with van der Waals surface area (Å²) in [6.07, 6.45) is 7.39. The van der Waals surface area contributed by atoms with Gasteiger partial charge in [0, 0.05) is 6.04 Å². The van der Waals surface area contributed by atoms with Crippen molar-refractivity contribution in [3.8, 4) is 0 Å². The standard InChI is InChI=1S/C16H30N2O/c1-5-11(4)15-16(19)18(14(7-3)17-15)13(6-2)10-12-8-9-12/h11-15,17H,5-10H2,1-4H3. The molecule has 2 aliphatic rings. The number of carbonyl (C=O) groups excluding carboxylic acids is 1. The summed E-state index contributed by atoms with van der Waals surface area (Å²) in [7, 11) is 0. The Bertz CT molecular complexity index is 314. The summed E-state index contributed by atoms with van der Waals surface area (Å²) in [5.41, 5.74) is 0. The third-order valence-corrected chi connectivity index (χ3v) is 4.99. The van der Waals surface area contributed by atoms with Crippen LogP contribution in [-0.4, -0.2) is 29.1 Å². The Morgan fingerprint density at radius 1 is 1.26 bits per heavy atom. The average Bonchev–Trinajstić information content (AvgIpc) is 3.18. The summed E-state index contributed by atoms with van der Waals surface area (Å²) in [5.74, 6) is 1.68. The molecular formula is C16H30N2O. The van der Waals surface area contributed by atoms with Crippen LogP contribution >= 0.6 is 0 Å². The molecule has 1 saturated heterocycles. The molecule has 0 spiro atoms. The molecule has 0 bridgehead atoms. The lowest BCUT2D eigenvalue weighted by molar-refractivity contribution is -0.133. The highest BCUT2D eigenvalue weighted by Gasteiger charge is 2.43. The SMILES string of the molecule is CCC(C)C1NC(CC)N(C(CC)CC2CC2)C1=O. The van der Waals surface area contributed by atoms with Crippen LogP contribution < -0.4 is 5.32 Å². The van der Waals surface area contributed by atoms with Crippen LogP contribution in [0.2, 0.25) is 0 Å². The van der Waals surface area contributed by atoms with E-state index in [0.29, 0.717) is 17.9 Å². The molecule has 1 N–H and O–H groups in total. The van der Waals surface area contributed by atoms with Gasteiger partial charge < -0.3 is 4.90 Å². The molecule has 3 heteroatoms. The van der Waals surface area contributed by atoms with Gasteiger partial charge in [-0.1, -0.05) is 47.0 Å². The highest BCUT2D eigenvalue weighted by atomic mass is 16.2. The second-order valence-corrected chi connectivity index (χ2v) is 6.44. The molecule has 0 aromatic rings. The van der Waals surface area contributed by atoms with E-state index in [1.165, 1.54) is 19.3 Å². The monoisotopic (exact) mass is 266 g/mol. The Morgan fingerprint density at radius 2 is 1.95 bits per heavy atom. The fourth-order valence-electron chi connectivity index (χ4n) is 3.28. The van der Waals surface area contributed by atoms with Crippen molar-refractivity contribution in [1.82, 2.24) is 10.2 Å². The summed E-state index contributed by atoms with van der Waals surface area (Å²) >= 11 is 0. The van der Waals surface area contributed by atoms with Crippen molar-refractivity contribution in [3.05, 3.63) is 0 Å². The number of nitrogens with zero attached hydrogens (tertiary/aromatic N) is 1. The molecule has 1 aliphatic carbocycles. The van der Waals surface area contributed by atoms with Gasteiger partial charge in [-0.2, -0.15) is 0 Å². The van der Waals surface area contributed by atoms with Crippen molar-refractivity contribution in [2.75, 3.05) is 0 Å². The lowest BCUT2D eigenvalue weighted by Gasteiger charge is -2.32. The molecule has 0 aromatic carbocycles. The summed E-state index contributed by atoms with van der Waals surface area (Å²) in [4.78, 5) is 14.9. The van der Waals surface area contributed by atoms with E-state index in [-0.39, 0.29) is 12.2 Å². The van der Waals surface area contributed by atoms with Crippen LogP contribution in [0.1, 0.15) is 66.2 Å². The lowest BCUT2D eigenvalue weighted by Crippen LogP contribution is -2.44. The van der Waals surface area contributed by atoms with Crippen molar-refractivity contribution in [2.24, 2.45) is 11.8 Å². The van der Waals surface area contributed by atoms with E-state index in [1.807, 2.05) is 0 Å². The van der Waals surface area contributed by atoms with Crippen LogP contribution in [0.5, 0.6) is 0 Å². The van der Waals surface area contributed by atoms with Gasteiger partial charge in [0.1, 0.15) is 0 Å². The first kappa shape index (κ1) is 14.8. The number of rotatable bonds is 7. The molecule has 1 aliphatic heterocycles. The quantitative estimate of drug-likeness (QED) is 0.768. The van der Waals surface area contributed by atoms with Crippen LogP contribution in [0.25, 0.3) is 0 Å². The van der Waals surface area contributed by atoms with Crippen LogP contribution in [0.3, 0.4) is 0 Å². The van der Waals surface area contributed by atoms with E-state index < -0.39 is 0 Å². The first-order valence-electron chi connectivity index (χ1n) is 8.20. The number of hydrogen-bond donors (Lipinski definition) is 1. The third-order valence-electron chi connectivity index (χ3n) is 4.99. The molecule has 0 radical (unpaired) electrons. The van der Waals surface area contributed by atoms with Crippen molar-refractivity contribution in [3.63, 3.8) is 0 Å². The summed E-state index contributed by atoms with van der Waals surface area (Å²) in [6, 6.07) is 0.495. The predicted molar refractivity (Wildman–Crippen MR) is 78.7 cm³/mol. The molecule has 1 saturated carbocycles. The molecule has 1 amide bonds. The van der Waals surface area contributed by atoms with E-state index in [2.05, 4.69) is 37.9 Å². The molecule has 19 heavy (non-hydrogen) atoms. The minimum absolute atomic E-state index is 0.0446. The van der Waals surface area contributed by atoms with E-state index in [4.69, 9.17) is 0 Å². The van der Waals surface area contributed by atoms with Gasteiger partial charge in [0.15, 0.2) is 0 Å². The van der Waals surface area contributed by atoms with Gasteiger partial charge in [-0.3, -0.25) is 10.1 Å². The number of nitrogens with one attached hydrogen (secondary N) is 1. The maximum absolute atomic E-state index is 12.7. The minimum Gasteiger partial charge on any atom is -0.323 e. The Balaban J connectivity index is 2.08. The Hall–Kier alpha value is -0.570. The second-order valence-electron chi connectivity index (χ2n) is 6.44. The molecule has 3 nitrogen and oxygen atoms in total.